The molecule has 2 nitrogen and oxygen atoms in total. The molecule has 0 spiro atoms. The molecule has 0 aliphatic carbocycles. The van der Waals surface area contributed by atoms with E-state index in [1.54, 1.807) is 0 Å². The van der Waals surface area contributed by atoms with E-state index in [4.69, 9.17) is 0 Å². The topological polar surface area (TPSA) is 15.3 Å². The highest BCUT2D eigenvalue weighted by molar-refractivity contribution is 7.99. The average molecular weight is 285 g/mol. The lowest BCUT2D eigenvalue weighted by atomic mass is 9.92. The van der Waals surface area contributed by atoms with Crippen LogP contribution in [0, 0.1) is 11.8 Å². The van der Waals surface area contributed by atoms with Crippen LogP contribution in [0.4, 0.5) is 0 Å². The van der Waals surface area contributed by atoms with E-state index in [0.717, 1.165) is 24.1 Å². The quantitative estimate of drug-likeness (QED) is 0.544. The van der Waals surface area contributed by atoms with Gasteiger partial charge in [0.05, 0.1) is 0 Å². The molecule has 3 heteroatoms. The van der Waals surface area contributed by atoms with Crippen molar-refractivity contribution in [1.29, 1.82) is 0 Å². The smallest absolute Gasteiger partial charge is 0.0244 e. The Kier molecular flexibility index (Phi) is 8.12. The first-order chi connectivity index (χ1) is 9.10. The molecule has 0 aromatic rings. The first-order valence-corrected chi connectivity index (χ1v) is 8.91. The van der Waals surface area contributed by atoms with E-state index in [0.29, 0.717) is 12.1 Å². The standard InChI is InChI=1S/C16H32N2S/c1-6-9-19-10-8-18-12-15(14(5)7-2)17-11-16(18)13(3)4/h6,13-17H,1,7-12H2,2-5H3. The van der Waals surface area contributed by atoms with Gasteiger partial charge in [0.1, 0.15) is 0 Å². The molecule has 112 valence electrons. The second-order valence-electron chi connectivity index (χ2n) is 6.07. The van der Waals surface area contributed by atoms with E-state index in [1.165, 1.54) is 25.3 Å². The molecule has 3 unspecified atom stereocenters. The van der Waals surface area contributed by atoms with Crippen LogP contribution in [0.25, 0.3) is 0 Å². The second-order valence-corrected chi connectivity index (χ2v) is 7.22. The van der Waals surface area contributed by atoms with Gasteiger partial charge in [-0.25, -0.2) is 0 Å². The molecule has 1 N–H and O–H groups in total. The summed E-state index contributed by atoms with van der Waals surface area (Å²) < 4.78 is 0. The minimum Gasteiger partial charge on any atom is -0.311 e. The highest BCUT2D eigenvalue weighted by Gasteiger charge is 2.31. The number of piperazine rings is 1. The number of nitrogens with zero attached hydrogens (tertiary/aromatic N) is 1. The summed E-state index contributed by atoms with van der Waals surface area (Å²) >= 11 is 2.00. The van der Waals surface area contributed by atoms with Gasteiger partial charge in [-0.3, -0.25) is 4.90 Å². The molecule has 0 aromatic carbocycles. The van der Waals surface area contributed by atoms with Gasteiger partial charge in [-0.15, -0.1) is 6.58 Å². The molecule has 0 aromatic heterocycles. The van der Waals surface area contributed by atoms with Crippen LogP contribution in [0.5, 0.6) is 0 Å². The van der Waals surface area contributed by atoms with Gasteiger partial charge in [-0.1, -0.05) is 40.2 Å². The van der Waals surface area contributed by atoms with E-state index in [9.17, 15) is 0 Å². The van der Waals surface area contributed by atoms with Gasteiger partial charge in [0.15, 0.2) is 0 Å². The largest absolute Gasteiger partial charge is 0.311 e. The van der Waals surface area contributed by atoms with Crippen LogP contribution in [-0.2, 0) is 0 Å². The molecule has 19 heavy (non-hydrogen) atoms. The van der Waals surface area contributed by atoms with E-state index >= 15 is 0 Å². The fraction of sp³-hybridized carbons (Fsp3) is 0.875. The maximum Gasteiger partial charge on any atom is 0.0244 e. The second kappa shape index (κ2) is 9.04. The van der Waals surface area contributed by atoms with E-state index in [-0.39, 0.29) is 0 Å². The van der Waals surface area contributed by atoms with Crippen LogP contribution in [0.2, 0.25) is 0 Å². The van der Waals surface area contributed by atoms with Crippen molar-refractivity contribution in [2.45, 2.75) is 46.2 Å². The Labute approximate surface area is 124 Å². The third kappa shape index (κ3) is 5.49. The van der Waals surface area contributed by atoms with Crippen molar-refractivity contribution >= 4 is 11.8 Å². The molecule has 0 radical (unpaired) electrons. The zero-order valence-electron chi connectivity index (χ0n) is 13.2. The molecule has 1 heterocycles. The summed E-state index contributed by atoms with van der Waals surface area (Å²) in [6.07, 6.45) is 3.27. The lowest BCUT2D eigenvalue weighted by Crippen LogP contribution is -2.60. The molecule has 0 amide bonds. The number of hydrogen-bond acceptors (Lipinski definition) is 3. The summed E-state index contributed by atoms with van der Waals surface area (Å²) in [6.45, 7) is 16.7. The maximum absolute atomic E-state index is 3.79. The molecule has 1 fully saturated rings. The van der Waals surface area contributed by atoms with Gasteiger partial charge in [0, 0.05) is 43.2 Å². The summed E-state index contributed by atoms with van der Waals surface area (Å²) in [5, 5.41) is 3.77. The molecule has 1 saturated heterocycles. The molecular weight excluding hydrogens is 252 g/mol. The van der Waals surface area contributed by atoms with Crippen LogP contribution in [0.3, 0.4) is 0 Å². The van der Waals surface area contributed by atoms with Crippen molar-refractivity contribution in [3.05, 3.63) is 12.7 Å². The first kappa shape index (κ1) is 17.1. The number of rotatable bonds is 8. The Bertz CT molecular complexity index is 255. The fourth-order valence-electron chi connectivity index (χ4n) is 2.78. The fourth-order valence-corrected chi connectivity index (χ4v) is 3.48. The molecule has 1 rings (SSSR count). The van der Waals surface area contributed by atoms with Gasteiger partial charge < -0.3 is 5.32 Å². The third-order valence-corrected chi connectivity index (χ3v) is 5.29. The Balaban J connectivity index is 2.50. The minimum absolute atomic E-state index is 0.671. The molecule has 1 aliphatic rings. The Morgan fingerprint density at radius 1 is 1.42 bits per heavy atom. The van der Waals surface area contributed by atoms with Crippen LogP contribution in [0.15, 0.2) is 12.7 Å². The maximum atomic E-state index is 3.79. The first-order valence-electron chi connectivity index (χ1n) is 7.76. The van der Waals surface area contributed by atoms with Crippen LogP contribution < -0.4 is 5.32 Å². The van der Waals surface area contributed by atoms with Crippen molar-refractivity contribution in [1.82, 2.24) is 10.2 Å². The van der Waals surface area contributed by atoms with Crippen molar-refractivity contribution in [2.24, 2.45) is 11.8 Å². The van der Waals surface area contributed by atoms with Crippen LogP contribution in [-0.4, -0.2) is 48.1 Å². The van der Waals surface area contributed by atoms with Crippen LogP contribution in [0.1, 0.15) is 34.1 Å². The van der Waals surface area contributed by atoms with Gasteiger partial charge in [-0.2, -0.15) is 11.8 Å². The summed E-state index contributed by atoms with van der Waals surface area (Å²) in [7, 11) is 0. The van der Waals surface area contributed by atoms with Crippen molar-refractivity contribution < 1.29 is 0 Å². The van der Waals surface area contributed by atoms with Crippen LogP contribution >= 0.6 is 11.8 Å². The highest BCUT2D eigenvalue weighted by atomic mass is 32.2. The lowest BCUT2D eigenvalue weighted by Gasteiger charge is -2.44. The Morgan fingerprint density at radius 2 is 2.16 bits per heavy atom. The molecule has 3 atom stereocenters. The number of thioether (sulfide) groups is 1. The molecule has 0 bridgehead atoms. The zero-order valence-corrected chi connectivity index (χ0v) is 14.0. The predicted octanol–water partition coefficient (Wildman–Crippen LogP) is 3.25. The van der Waals surface area contributed by atoms with Crippen molar-refractivity contribution in [3.63, 3.8) is 0 Å². The zero-order chi connectivity index (χ0) is 14.3. The van der Waals surface area contributed by atoms with Crippen molar-refractivity contribution in [3.8, 4) is 0 Å². The normalized spacial score (nSPS) is 26.6. The van der Waals surface area contributed by atoms with Gasteiger partial charge in [0.25, 0.3) is 0 Å². The van der Waals surface area contributed by atoms with E-state index in [1.807, 2.05) is 17.8 Å². The van der Waals surface area contributed by atoms with E-state index < -0.39 is 0 Å². The van der Waals surface area contributed by atoms with Crippen molar-refractivity contribution in [2.75, 3.05) is 31.1 Å². The molecule has 1 aliphatic heterocycles. The summed E-state index contributed by atoms with van der Waals surface area (Å²) in [5.41, 5.74) is 0. The number of hydrogen-bond donors (Lipinski definition) is 1. The lowest BCUT2D eigenvalue weighted by molar-refractivity contribution is 0.0884. The van der Waals surface area contributed by atoms with Gasteiger partial charge in [-0.05, 0) is 11.8 Å². The minimum atomic E-state index is 0.671. The summed E-state index contributed by atoms with van der Waals surface area (Å²) in [4.78, 5) is 2.72. The highest BCUT2D eigenvalue weighted by Crippen LogP contribution is 2.20. The predicted molar refractivity (Wildman–Crippen MR) is 89.0 cm³/mol. The van der Waals surface area contributed by atoms with Gasteiger partial charge >= 0.3 is 0 Å². The molecular formula is C16H32N2S. The Hall–Kier alpha value is 0.01000. The summed E-state index contributed by atoms with van der Waals surface area (Å²) in [5.74, 6) is 3.81. The SMILES string of the molecule is C=CCSCCN1CC(C(C)CC)NCC1C(C)C. The van der Waals surface area contributed by atoms with Gasteiger partial charge in [0.2, 0.25) is 0 Å². The Morgan fingerprint density at radius 3 is 2.74 bits per heavy atom. The average Bonchev–Trinajstić information content (AvgIpc) is 2.42. The summed E-state index contributed by atoms with van der Waals surface area (Å²) in [6, 6.07) is 1.37. The van der Waals surface area contributed by atoms with E-state index in [2.05, 4.69) is 44.5 Å². The third-order valence-electron chi connectivity index (χ3n) is 4.35. The number of nitrogens with one attached hydrogen (secondary N) is 1. The molecule has 0 saturated carbocycles. The monoisotopic (exact) mass is 284 g/mol.